The lowest BCUT2D eigenvalue weighted by atomic mass is 9.98. The zero-order valence-electron chi connectivity index (χ0n) is 18.7. The SMILES string of the molecule is O=C(O)CN1CCN(C(=O)c2nonc2NC(=O)OCC2c3ccccc3-c3ccccc32)CC1. The van der Waals surface area contributed by atoms with Gasteiger partial charge in [-0.2, -0.15) is 0 Å². The van der Waals surface area contributed by atoms with Crippen LogP contribution in [0, 0.1) is 0 Å². The summed E-state index contributed by atoms with van der Waals surface area (Å²) in [6.07, 6.45) is -0.775. The van der Waals surface area contributed by atoms with Crippen molar-refractivity contribution in [2.45, 2.75) is 5.92 Å². The summed E-state index contributed by atoms with van der Waals surface area (Å²) in [4.78, 5) is 39.6. The van der Waals surface area contributed by atoms with Gasteiger partial charge in [-0.1, -0.05) is 48.5 Å². The fraction of sp³-hybridized carbons (Fsp3) is 0.292. The number of hydrogen-bond donors (Lipinski definition) is 2. The quantitative estimate of drug-likeness (QED) is 0.547. The van der Waals surface area contributed by atoms with Crippen molar-refractivity contribution in [3.05, 3.63) is 65.4 Å². The second-order valence-electron chi connectivity index (χ2n) is 8.37. The van der Waals surface area contributed by atoms with E-state index in [1.54, 1.807) is 4.90 Å². The number of ether oxygens (including phenoxy) is 1. The van der Waals surface area contributed by atoms with E-state index >= 15 is 0 Å². The van der Waals surface area contributed by atoms with Gasteiger partial charge < -0.3 is 14.7 Å². The molecule has 11 heteroatoms. The number of nitrogens with zero attached hydrogens (tertiary/aromatic N) is 4. The molecule has 3 aromatic rings. The minimum atomic E-state index is -0.917. The van der Waals surface area contributed by atoms with E-state index in [9.17, 15) is 14.4 Å². The molecule has 0 saturated carbocycles. The lowest BCUT2D eigenvalue weighted by Crippen LogP contribution is -2.50. The Labute approximate surface area is 200 Å². The van der Waals surface area contributed by atoms with Gasteiger partial charge in [0.15, 0.2) is 0 Å². The number of benzene rings is 2. The Balaban J connectivity index is 1.21. The van der Waals surface area contributed by atoms with Crippen molar-refractivity contribution < 1.29 is 28.9 Å². The molecule has 0 spiro atoms. The Morgan fingerprint density at radius 1 is 0.971 bits per heavy atom. The molecule has 35 heavy (non-hydrogen) atoms. The standard InChI is InChI=1S/C24H23N5O6/c30-20(31)13-28-9-11-29(12-10-28)23(32)21-22(27-35-26-21)25-24(33)34-14-19-17-7-3-1-5-15(17)16-6-2-4-8-18(16)19/h1-8,19H,9-14H2,(H,30,31)(H,25,27,33). The number of amides is 2. The summed E-state index contributed by atoms with van der Waals surface area (Å²) < 4.78 is 10.2. The maximum Gasteiger partial charge on any atom is 0.412 e. The van der Waals surface area contributed by atoms with Gasteiger partial charge in [0.25, 0.3) is 5.91 Å². The molecule has 2 aromatic carbocycles. The molecular formula is C24H23N5O6. The monoisotopic (exact) mass is 477 g/mol. The normalized spacial score (nSPS) is 15.4. The second kappa shape index (κ2) is 9.55. The maximum atomic E-state index is 12.9. The smallest absolute Gasteiger partial charge is 0.412 e. The molecule has 11 nitrogen and oxygen atoms in total. The van der Waals surface area contributed by atoms with Crippen molar-refractivity contribution in [3.63, 3.8) is 0 Å². The lowest BCUT2D eigenvalue weighted by Gasteiger charge is -2.33. The zero-order valence-corrected chi connectivity index (χ0v) is 18.7. The highest BCUT2D eigenvalue weighted by Gasteiger charge is 2.31. The molecule has 0 unspecified atom stereocenters. The third kappa shape index (κ3) is 4.58. The highest BCUT2D eigenvalue weighted by atomic mass is 16.6. The molecule has 180 valence electrons. The third-order valence-corrected chi connectivity index (χ3v) is 6.27. The molecule has 1 aromatic heterocycles. The fourth-order valence-corrected chi connectivity index (χ4v) is 4.59. The summed E-state index contributed by atoms with van der Waals surface area (Å²) >= 11 is 0. The average molecular weight is 477 g/mol. The maximum absolute atomic E-state index is 12.9. The largest absolute Gasteiger partial charge is 0.480 e. The molecule has 5 rings (SSSR count). The third-order valence-electron chi connectivity index (χ3n) is 6.27. The Hall–Kier alpha value is -4.25. The van der Waals surface area contributed by atoms with Gasteiger partial charge in [-0.25, -0.2) is 9.42 Å². The first-order valence-corrected chi connectivity index (χ1v) is 11.2. The van der Waals surface area contributed by atoms with Gasteiger partial charge in [0.05, 0.1) is 6.54 Å². The van der Waals surface area contributed by atoms with Crippen LogP contribution in [-0.2, 0) is 9.53 Å². The van der Waals surface area contributed by atoms with E-state index in [1.165, 1.54) is 4.90 Å². The number of anilines is 1. The molecule has 1 fully saturated rings. The fourth-order valence-electron chi connectivity index (χ4n) is 4.59. The van der Waals surface area contributed by atoms with Gasteiger partial charge in [-0.15, -0.1) is 0 Å². The summed E-state index contributed by atoms with van der Waals surface area (Å²) in [7, 11) is 0. The van der Waals surface area contributed by atoms with Crippen LogP contribution in [0.4, 0.5) is 10.6 Å². The molecule has 2 heterocycles. The average Bonchev–Trinajstić information content (AvgIpc) is 3.45. The molecule has 1 aliphatic heterocycles. The van der Waals surface area contributed by atoms with E-state index in [0.29, 0.717) is 26.2 Å². The summed E-state index contributed by atoms with van der Waals surface area (Å²) in [5, 5.41) is 18.7. The lowest BCUT2D eigenvalue weighted by molar-refractivity contribution is -0.138. The van der Waals surface area contributed by atoms with Crippen LogP contribution < -0.4 is 5.32 Å². The summed E-state index contributed by atoms with van der Waals surface area (Å²) in [5.41, 5.74) is 4.28. The van der Waals surface area contributed by atoms with Gasteiger partial charge in [0.2, 0.25) is 11.5 Å². The Morgan fingerprint density at radius 3 is 2.23 bits per heavy atom. The van der Waals surface area contributed by atoms with Gasteiger partial charge in [-0.3, -0.25) is 19.8 Å². The number of carbonyl (C=O) groups excluding carboxylic acids is 2. The summed E-state index contributed by atoms with van der Waals surface area (Å²) in [6, 6.07) is 16.0. The van der Waals surface area contributed by atoms with Gasteiger partial charge in [0, 0.05) is 32.1 Å². The van der Waals surface area contributed by atoms with Crippen molar-refractivity contribution in [3.8, 4) is 11.1 Å². The molecular weight excluding hydrogens is 454 g/mol. The Bertz CT molecular complexity index is 1220. The predicted octanol–water partition coefficient (Wildman–Crippen LogP) is 2.27. The van der Waals surface area contributed by atoms with Crippen LogP contribution in [0.2, 0.25) is 0 Å². The zero-order chi connectivity index (χ0) is 24.4. The molecule has 1 saturated heterocycles. The van der Waals surface area contributed by atoms with Crippen molar-refractivity contribution in [1.29, 1.82) is 0 Å². The van der Waals surface area contributed by atoms with Crippen LogP contribution in [0.15, 0.2) is 53.2 Å². The molecule has 2 amide bonds. The summed E-state index contributed by atoms with van der Waals surface area (Å²) in [5.74, 6) is -1.61. The minimum absolute atomic E-state index is 0.0812. The number of carboxylic acids is 1. The van der Waals surface area contributed by atoms with Crippen molar-refractivity contribution >= 4 is 23.8 Å². The number of nitrogens with one attached hydrogen (secondary N) is 1. The van der Waals surface area contributed by atoms with Crippen LogP contribution in [0.3, 0.4) is 0 Å². The number of piperazine rings is 1. The highest BCUT2D eigenvalue weighted by Crippen LogP contribution is 2.44. The van der Waals surface area contributed by atoms with E-state index in [1.807, 2.05) is 36.4 Å². The van der Waals surface area contributed by atoms with Gasteiger partial charge in [-0.05, 0) is 32.6 Å². The molecule has 0 atom stereocenters. The summed E-state index contributed by atoms with van der Waals surface area (Å²) in [6.45, 7) is 1.51. The predicted molar refractivity (Wildman–Crippen MR) is 123 cm³/mol. The van der Waals surface area contributed by atoms with Crippen LogP contribution in [-0.4, -0.2) is 82.5 Å². The van der Waals surface area contributed by atoms with Crippen LogP contribution in [0.1, 0.15) is 27.5 Å². The van der Waals surface area contributed by atoms with E-state index < -0.39 is 18.0 Å². The minimum Gasteiger partial charge on any atom is -0.480 e. The molecule has 1 aliphatic carbocycles. The molecule has 2 aliphatic rings. The Kier molecular flexibility index (Phi) is 6.15. The van der Waals surface area contributed by atoms with Gasteiger partial charge >= 0.3 is 12.1 Å². The van der Waals surface area contributed by atoms with E-state index in [0.717, 1.165) is 22.3 Å². The van der Waals surface area contributed by atoms with Crippen LogP contribution in [0.5, 0.6) is 0 Å². The van der Waals surface area contributed by atoms with Crippen molar-refractivity contribution in [2.75, 3.05) is 44.6 Å². The molecule has 0 bridgehead atoms. The van der Waals surface area contributed by atoms with Crippen molar-refractivity contribution in [2.24, 2.45) is 0 Å². The highest BCUT2D eigenvalue weighted by molar-refractivity contribution is 5.99. The first-order chi connectivity index (χ1) is 17.0. The number of fused-ring (bicyclic) bond motifs is 3. The van der Waals surface area contributed by atoms with E-state index in [2.05, 4.69) is 27.8 Å². The Morgan fingerprint density at radius 2 is 1.60 bits per heavy atom. The molecule has 0 radical (unpaired) electrons. The topological polar surface area (TPSA) is 138 Å². The number of carbonyl (C=O) groups is 3. The number of aromatic nitrogens is 2. The number of aliphatic carboxylic acids is 1. The van der Waals surface area contributed by atoms with Crippen LogP contribution in [0.25, 0.3) is 11.1 Å². The first-order valence-electron chi connectivity index (χ1n) is 11.2. The van der Waals surface area contributed by atoms with Crippen molar-refractivity contribution in [1.82, 2.24) is 20.1 Å². The van der Waals surface area contributed by atoms with Gasteiger partial charge in [0.1, 0.15) is 6.61 Å². The van der Waals surface area contributed by atoms with E-state index in [-0.39, 0.29) is 30.6 Å². The van der Waals surface area contributed by atoms with Crippen LogP contribution >= 0.6 is 0 Å². The first kappa shape index (κ1) is 22.5. The second-order valence-corrected chi connectivity index (χ2v) is 8.37. The number of hydrogen-bond acceptors (Lipinski definition) is 8. The number of rotatable bonds is 6. The van der Waals surface area contributed by atoms with E-state index in [4.69, 9.17) is 14.5 Å². The molecule has 2 N–H and O–H groups in total. The number of carboxylic acid groups (broad SMARTS) is 1.